The molecule has 0 heterocycles. The highest BCUT2D eigenvalue weighted by Gasteiger charge is 2.59. The summed E-state index contributed by atoms with van der Waals surface area (Å²) in [6.07, 6.45) is 14.3. The summed E-state index contributed by atoms with van der Waals surface area (Å²) in [6.45, 7) is 5.22. The van der Waals surface area contributed by atoms with E-state index in [1.165, 1.54) is 51.4 Å². The van der Waals surface area contributed by atoms with Gasteiger partial charge in [-0.15, -0.1) is 0 Å². The number of allylic oxidation sites excluding steroid dienone is 1. The number of fused-ring (bicyclic) bond motifs is 5. The molecule has 4 aliphatic rings. The van der Waals surface area contributed by atoms with Crippen LogP contribution in [0.4, 0.5) is 0 Å². The standard InChI is InChI=1S/C19H30O/c1-18-9-3-10-19(18,2)17-7-4-13-12-14(20)5-6-15(13)16(17)8-11-18/h12,14-17,20H,3-11H2,1-2H3. The van der Waals surface area contributed by atoms with Crippen LogP contribution in [0.1, 0.15) is 71.6 Å². The molecule has 0 spiro atoms. The summed E-state index contributed by atoms with van der Waals surface area (Å²) in [4.78, 5) is 0. The van der Waals surface area contributed by atoms with E-state index >= 15 is 0 Å². The largest absolute Gasteiger partial charge is 0.389 e. The van der Waals surface area contributed by atoms with Crippen LogP contribution in [0.15, 0.2) is 11.6 Å². The van der Waals surface area contributed by atoms with Gasteiger partial charge in [-0.3, -0.25) is 0 Å². The zero-order valence-corrected chi connectivity index (χ0v) is 13.2. The third-order valence-corrected chi connectivity index (χ3v) is 8.09. The van der Waals surface area contributed by atoms with Crippen molar-refractivity contribution in [1.82, 2.24) is 0 Å². The second-order valence-electron chi connectivity index (χ2n) is 8.67. The molecular formula is C19H30O. The third-order valence-electron chi connectivity index (χ3n) is 8.09. The Morgan fingerprint density at radius 1 is 1.05 bits per heavy atom. The van der Waals surface area contributed by atoms with E-state index in [9.17, 15) is 5.11 Å². The van der Waals surface area contributed by atoms with E-state index in [0.29, 0.717) is 10.8 Å². The molecule has 112 valence electrons. The molecule has 6 unspecified atom stereocenters. The van der Waals surface area contributed by atoms with Crippen molar-refractivity contribution in [3.63, 3.8) is 0 Å². The third kappa shape index (κ3) is 1.65. The monoisotopic (exact) mass is 274 g/mol. The van der Waals surface area contributed by atoms with E-state index in [2.05, 4.69) is 19.9 Å². The summed E-state index contributed by atoms with van der Waals surface area (Å²) in [6, 6.07) is 0. The van der Waals surface area contributed by atoms with Crippen LogP contribution in [-0.2, 0) is 0 Å². The maximum Gasteiger partial charge on any atom is 0.0723 e. The van der Waals surface area contributed by atoms with Gasteiger partial charge in [0.25, 0.3) is 0 Å². The second kappa shape index (κ2) is 4.35. The Balaban J connectivity index is 1.67. The zero-order chi connectivity index (χ0) is 14.0. The molecule has 0 aromatic rings. The van der Waals surface area contributed by atoms with Crippen LogP contribution in [-0.4, -0.2) is 11.2 Å². The van der Waals surface area contributed by atoms with Gasteiger partial charge in [-0.1, -0.05) is 31.9 Å². The molecule has 4 rings (SSSR count). The van der Waals surface area contributed by atoms with Crippen LogP contribution in [0, 0.1) is 28.6 Å². The molecule has 0 radical (unpaired) electrons. The van der Waals surface area contributed by atoms with Gasteiger partial charge in [-0.25, -0.2) is 0 Å². The lowest BCUT2D eigenvalue weighted by atomic mass is 9.46. The van der Waals surface area contributed by atoms with Crippen molar-refractivity contribution < 1.29 is 5.11 Å². The van der Waals surface area contributed by atoms with E-state index in [1.54, 1.807) is 5.57 Å². The fourth-order valence-electron chi connectivity index (χ4n) is 6.72. The van der Waals surface area contributed by atoms with Crippen LogP contribution in [0.2, 0.25) is 0 Å². The van der Waals surface area contributed by atoms with Crippen molar-refractivity contribution in [1.29, 1.82) is 0 Å². The first kappa shape index (κ1) is 13.4. The Morgan fingerprint density at radius 2 is 1.90 bits per heavy atom. The molecule has 20 heavy (non-hydrogen) atoms. The highest BCUT2D eigenvalue weighted by Crippen LogP contribution is 2.68. The van der Waals surface area contributed by atoms with Gasteiger partial charge >= 0.3 is 0 Å². The average molecular weight is 274 g/mol. The Labute approximate surface area is 123 Å². The van der Waals surface area contributed by atoms with Crippen molar-refractivity contribution in [3.8, 4) is 0 Å². The van der Waals surface area contributed by atoms with Gasteiger partial charge < -0.3 is 5.11 Å². The lowest BCUT2D eigenvalue weighted by Gasteiger charge is -2.59. The lowest BCUT2D eigenvalue weighted by Crippen LogP contribution is -2.51. The summed E-state index contributed by atoms with van der Waals surface area (Å²) >= 11 is 0. The quantitative estimate of drug-likeness (QED) is 0.635. The van der Waals surface area contributed by atoms with E-state index in [-0.39, 0.29) is 6.10 Å². The predicted octanol–water partition coefficient (Wildman–Crippen LogP) is 4.70. The molecule has 1 N–H and O–H groups in total. The summed E-state index contributed by atoms with van der Waals surface area (Å²) in [5, 5.41) is 9.91. The van der Waals surface area contributed by atoms with Crippen LogP contribution < -0.4 is 0 Å². The van der Waals surface area contributed by atoms with Gasteiger partial charge in [0, 0.05) is 0 Å². The summed E-state index contributed by atoms with van der Waals surface area (Å²) in [5.41, 5.74) is 2.86. The molecule has 0 bridgehead atoms. The van der Waals surface area contributed by atoms with Crippen molar-refractivity contribution in [2.24, 2.45) is 28.6 Å². The molecule has 0 aliphatic heterocycles. The first-order valence-electron chi connectivity index (χ1n) is 8.92. The highest BCUT2D eigenvalue weighted by atomic mass is 16.3. The van der Waals surface area contributed by atoms with Gasteiger partial charge in [0.1, 0.15) is 0 Å². The summed E-state index contributed by atoms with van der Waals surface area (Å²) in [7, 11) is 0. The van der Waals surface area contributed by atoms with E-state index < -0.39 is 0 Å². The fourth-order valence-corrected chi connectivity index (χ4v) is 6.72. The van der Waals surface area contributed by atoms with Crippen molar-refractivity contribution >= 4 is 0 Å². The number of hydrogen-bond acceptors (Lipinski definition) is 1. The maximum atomic E-state index is 9.91. The van der Waals surface area contributed by atoms with E-state index in [1.807, 2.05) is 0 Å². The molecule has 4 aliphatic carbocycles. The second-order valence-corrected chi connectivity index (χ2v) is 8.67. The normalized spacial score (nSPS) is 54.6. The molecule has 1 heteroatoms. The van der Waals surface area contributed by atoms with Crippen LogP contribution in [0.3, 0.4) is 0 Å². The van der Waals surface area contributed by atoms with Crippen LogP contribution in [0.5, 0.6) is 0 Å². The Hall–Kier alpha value is -0.300. The van der Waals surface area contributed by atoms with Gasteiger partial charge in [0.15, 0.2) is 0 Å². The minimum atomic E-state index is -0.145. The average Bonchev–Trinajstić information content (AvgIpc) is 2.74. The van der Waals surface area contributed by atoms with Gasteiger partial charge in [0.05, 0.1) is 6.10 Å². The van der Waals surface area contributed by atoms with Gasteiger partial charge in [-0.05, 0) is 80.0 Å². The number of hydrogen-bond donors (Lipinski definition) is 1. The van der Waals surface area contributed by atoms with Crippen molar-refractivity contribution in [3.05, 3.63) is 11.6 Å². The molecule has 1 nitrogen and oxygen atoms in total. The zero-order valence-electron chi connectivity index (χ0n) is 13.2. The highest BCUT2D eigenvalue weighted by molar-refractivity contribution is 5.21. The molecule has 0 amide bonds. The first-order valence-corrected chi connectivity index (χ1v) is 8.92. The number of rotatable bonds is 0. The van der Waals surface area contributed by atoms with Crippen molar-refractivity contribution in [2.75, 3.05) is 0 Å². The van der Waals surface area contributed by atoms with E-state index in [0.717, 1.165) is 24.2 Å². The Bertz CT molecular complexity index is 439. The molecular weight excluding hydrogens is 244 g/mol. The van der Waals surface area contributed by atoms with Crippen LogP contribution in [0.25, 0.3) is 0 Å². The van der Waals surface area contributed by atoms with Crippen molar-refractivity contribution in [2.45, 2.75) is 77.7 Å². The summed E-state index contributed by atoms with van der Waals surface area (Å²) in [5.74, 6) is 2.71. The first-order chi connectivity index (χ1) is 9.53. The predicted molar refractivity (Wildman–Crippen MR) is 82.3 cm³/mol. The maximum absolute atomic E-state index is 9.91. The Morgan fingerprint density at radius 3 is 2.75 bits per heavy atom. The minimum Gasteiger partial charge on any atom is -0.389 e. The molecule has 3 fully saturated rings. The van der Waals surface area contributed by atoms with Crippen LogP contribution >= 0.6 is 0 Å². The fraction of sp³-hybridized carbons (Fsp3) is 0.895. The molecule has 6 atom stereocenters. The van der Waals surface area contributed by atoms with Gasteiger partial charge in [0.2, 0.25) is 0 Å². The topological polar surface area (TPSA) is 20.2 Å². The SMILES string of the molecule is CC12CCCC1(C)C1CCC3=CC(O)CCC3C1CC2. The molecule has 0 saturated heterocycles. The lowest BCUT2D eigenvalue weighted by molar-refractivity contribution is -0.0762. The number of aliphatic hydroxyl groups is 1. The molecule has 0 aromatic heterocycles. The minimum absolute atomic E-state index is 0.145. The number of aliphatic hydroxyl groups excluding tert-OH is 1. The summed E-state index contributed by atoms with van der Waals surface area (Å²) < 4.78 is 0. The molecule has 0 aromatic carbocycles. The van der Waals surface area contributed by atoms with Gasteiger partial charge in [-0.2, -0.15) is 0 Å². The Kier molecular flexibility index (Phi) is 2.91. The molecule has 3 saturated carbocycles. The smallest absolute Gasteiger partial charge is 0.0723 e. The van der Waals surface area contributed by atoms with E-state index in [4.69, 9.17) is 0 Å².